The molecule has 0 atom stereocenters. The molecule has 2 aromatic carbocycles. The van der Waals surface area contributed by atoms with Gasteiger partial charge < -0.3 is 33.1 Å². The van der Waals surface area contributed by atoms with Crippen LogP contribution < -0.4 is 30.4 Å². The van der Waals surface area contributed by atoms with Gasteiger partial charge in [-0.25, -0.2) is 9.97 Å². The molecule has 0 fully saturated rings. The number of nitrogens with zero attached hydrogens (tertiary/aromatic N) is 2. The molecule has 2 heterocycles. The van der Waals surface area contributed by atoms with Gasteiger partial charge in [0.15, 0.2) is 39.6 Å². The minimum Gasteiger partial charge on any atom is -0.497 e. The molecule has 1 amide bonds. The van der Waals surface area contributed by atoms with Crippen molar-refractivity contribution in [1.29, 1.82) is 0 Å². The zero-order valence-electron chi connectivity index (χ0n) is 27.4. The second kappa shape index (κ2) is 13.5. The van der Waals surface area contributed by atoms with Gasteiger partial charge in [0, 0.05) is 42.0 Å². The number of nitrogens with one attached hydrogen (secondary N) is 1. The van der Waals surface area contributed by atoms with E-state index in [1.54, 1.807) is 71.4 Å². The first-order valence-electron chi connectivity index (χ1n) is 14.7. The number of carbonyl (C=O) groups is 1. The highest BCUT2D eigenvalue weighted by Gasteiger charge is 2.26. The van der Waals surface area contributed by atoms with Crippen molar-refractivity contribution in [3.63, 3.8) is 0 Å². The van der Waals surface area contributed by atoms with Crippen molar-refractivity contribution in [3.05, 3.63) is 84.7 Å². The molecular weight excluding hydrogens is 606 g/mol. The Morgan fingerprint density at radius 3 is 1.94 bits per heavy atom. The fourth-order valence-electron chi connectivity index (χ4n) is 5.16. The van der Waals surface area contributed by atoms with Crippen LogP contribution in [-0.2, 0) is 4.74 Å². The molecule has 0 unspecified atom stereocenters. The van der Waals surface area contributed by atoms with Crippen molar-refractivity contribution >= 4 is 28.1 Å². The standard InChI is InChI=1S/C19H20N2O4.C16H15NO5/c1-10-11(2)17(22)12(3)18-16(10)21-14-6-5-13(9-15(14)25-18)19(23)20-7-8-24-4;1-8-13(18)16(21-4)15(20-3)12-14(8)22-11-7-9(19-2)5-6-10(11)17-12/h5-6,9H,7-8H2,1-4H3,(H,20,23);5-7H,1-4H3. The molecule has 6 rings (SSSR count). The zero-order chi connectivity index (χ0) is 34.0. The average Bonchev–Trinajstić information content (AvgIpc) is 3.09. The molecule has 47 heavy (non-hydrogen) atoms. The maximum atomic E-state index is 12.3. The maximum Gasteiger partial charge on any atom is 0.251 e. The van der Waals surface area contributed by atoms with Gasteiger partial charge in [-0.1, -0.05) is 0 Å². The van der Waals surface area contributed by atoms with E-state index in [1.807, 2.05) is 6.92 Å². The number of rotatable bonds is 7. The highest BCUT2D eigenvalue weighted by atomic mass is 16.5. The van der Waals surface area contributed by atoms with Crippen LogP contribution in [0.5, 0.6) is 17.2 Å². The number of methoxy groups -OCH3 is 4. The molecule has 0 saturated heterocycles. The molecular formula is C35H35N3O9. The molecule has 0 radical (unpaired) electrons. The summed E-state index contributed by atoms with van der Waals surface area (Å²) in [6.45, 7) is 7.94. The molecule has 1 N–H and O–H groups in total. The molecule has 244 valence electrons. The Hall–Kier alpha value is -5.49. The summed E-state index contributed by atoms with van der Waals surface area (Å²) < 4.78 is 32.4. The summed E-state index contributed by atoms with van der Waals surface area (Å²) in [4.78, 5) is 46.0. The SMILES string of the molecule is COCCNC(=O)c1ccc2nc3c(C)c(C)c(=O)c(C)c-3oc2c1.COc1ccc2nc3c(OC)c(OC)c(=O)c(C)c-3oc2c1. The molecule has 2 aliphatic heterocycles. The Kier molecular flexibility index (Phi) is 9.43. The van der Waals surface area contributed by atoms with Gasteiger partial charge in [-0.3, -0.25) is 14.4 Å². The third kappa shape index (κ3) is 6.07. The van der Waals surface area contributed by atoms with E-state index in [0.717, 1.165) is 5.56 Å². The van der Waals surface area contributed by atoms with Crippen molar-refractivity contribution in [2.75, 3.05) is 41.6 Å². The quantitative estimate of drug-likeness (QED) is 0.180. The lowest BCUT2D eigenvalue weighted by Gasteiger charge is -2.15. The monoisotopic (exact) mass is 641 g/mol. The summed E-state index contributed by atoms with van der Waals surface area (Å²) in [5, 5.41) is 2.76. The van der Waals surface area contributed by atoms with E-state index in [1.165, 1.54) is 14.2 Å². The van der Waals surface area contributed by atoms with E-state index in [-0.39, 0.29) is 28.3 Å². The number of amides is 1. The lowest BCUT2D eigenvalue weighted by molar-refractivity contribution is 0.0937. The number of ether oxygens (including phenoxy) is 4. The summed E-state index contributed by atoms with van der Waals surface area (Å²) in [6, 6.07) is 10.4. The van der Waals surface area contributed by atoms with Crippen LogP contribution in [0.25, 0.3) is 45.1 Å². The van der Waals surface area contributed by atoms with Crippen LogP contribution in [-0.4, -0.2) is 57.5 Å². The summed E-state index contributed by atoms with van der Waals surface area (Å²) in [5.74, 6) is 1.69. The van der Waals surface area contributed by atoms with Crippen LogP contribution in [0.3, 0.4) is 0 Å². The molecule has 4 aliphatic rings. The minimum absolute atomic E-state index is 0.0386. The van der Waals surface area contributed by atoms with E-state index < -0.39 is 0 Å². The highest BCUT2D eigenvalue weighted by Crippen LogP contribution is 2.39. The summed E-state index contributed by atoms with van der Waals surface area (Å²) in [7, 11) is 6.04. The largest absolute Gasteiger partial charge is 0.497 e. The normalized spacial score (nSPS) is 11.1. The lowest BCUT2D eigenvalue weighted by Crippen LogP contribution is -2.26. The van der Waals surface area contributed by atoms with Crippen molar-refractivity contribution in [2.24, 2.45) is 0 Å². The Morgan fingerprint density at radius 1 is 0.702 bits per heavy atom. The number of aromatic nitrogens is 2. The Balaban J connectivity index is 0.000000186. The fraction of sp³-hybridized carbons (Fsp3) is 0.286. The second-order valence-corrected chi connectivity index (χ2v) is 10.8. The van der Waals surface area contributed by atoms with Crippen LogP contribution >= 0.6 is 0 Å². The number of benzene rings is 4. The van der Waals surface area contributed by atoms with E-state index in [9.17, 15) is 14.4 Å². The Labute approximate surface area is 269 Å². The summed E-state index contributed by atoms with van der Waals surface area (Å²) in [6.07, 6.45) is 0. The van der Waals surface area contributed by atoms with Crippen LogP contribution in [0.1, 0.15) is 32.6 Å². The molecule has 0 aromatic heterocycles. The van der Waals surface area contributed by atoms with Crippen LogP contribution in [0.4, 0.5) is 0 Å². The van der Waals surface area contributed by atoms with E-state index in [0.29, 0.717) is 86.3 Å². The third-order valence-corrected chi connectivity index (χ3v) is 7.96. The van der Waals surface area contributed by atoms with Crippen LogP contribution in [0.2, 0.25) is 0 Å². The third-order valence-electron chi connectivity index (χ3n) is 7.96. The van der Waals surface area contributed by atoms with Crippen LogP contribution in [0.15, 0.2) is 54.8 Å². The van der Waals surface area contributed by atoms with Gasteiger partial charge in [-0.15, -0.1) is 0 Å². The predicted molar refractivity (Wildman–Crippen MR) is 177 cm³/mol. The number of carbonyl (C=O) groups excluding carboxylic acids is 1. The van der Waals surface area contributed by atoms with Gasteiger partial charge in [0.1, 0.15) is 22.5 Å². The topological polar surface area (TPSA) is 152 Å². The second-order valence-electron chi connectivity index (χ2n) is 10.8. The molecule has 2 aliphatic carbocycles. The Bertz CT molecular complexity index is 2190. The van der Waals surface area contributed by atoms with E-state index in [4.69, 9.17) is 27.8 Å². The van der Waals surface area contributed by atoms with Gasteiger partial charge >= 0.3 is 0 Å². The number of fused-ring (bicyclic) bond motifs is 4. The van der Waals surface area contributed by atoms with Gasteiger partial charge in [0.25, 0.3) is 5.91 Å². The van der Waals surface area contributed by atoms with Gasteiger partial charge in [0.05, 0.1) is 27.9 Å². The molecule has 0 bridgehead atoms. The smallest absolute Gasteiger partial charge is 0.251 e. The fourth-order valence-corrected chi connectivity index (χ4v) is 5.16. The van der Waals surface area contributed by atoms with Crippen molar-refractivity contribution in [3.8, 4) is 40.2 Å². The first kappa shape index (κ1) is 32.9. The predicted octanol–water partition coefficient (Wildman–Crippen LogP) is 5.22. The van der Waals surface area contributed by atoms with Crippen molar-refractivity contribution in [2.45, 2.75) is 27.7 Å². The van der Waals surface area contributed by atoms with Crippen molar-refractivity contribution in [1.82, 2.24) is 15.3 Å². The number of hydrogen-bond donors (Lipinski definition) is 1. The van der Waals surface area contributed by atoms with Gasteiger partial charge in [0.2, 0.25) is 11.2 Å². The van der Waals surface area contributed by atoms with Gasteiger partial charge in [-0.2, -0.15) is 0 Å². The van der Waals surface area contributed by atoms with E-state index in [2.05, 4.69) is 15.3 Å². The van der Waals surface area contributed by atoms with Crippen molar-refractivity contribution < 1.29 is 32.6 Å². The zero-order valence-corrected chi connectivity index (χ0v) is 27.4. The maximum absolute atomic E-state index is 12.3. The van der Waals surface area contributed by atoms with E-state index >= 15 is 0 Å². The molecule has 0 saturated carbocycles. The first-order chi connectivity index (χ1) is 22.5. The lowest BCUT2D eigenvalue weighted by atomic mass is 9.99. The highest BCUT2D eigenvalue weighted by molar-refractivity contribution is 5.97. The molecule has 12 heteroatoms. The first-order valence-corrected chi connectivity index (χ1v) is 14.7. The Morgan fingerprint density at radius 2 is 1.30 bits per heavy atom. The molecule has 2 aromatic rings. The summed E-state index contributed by atoms with van der Waals surface area (Å²) >= 11 is 0. The van der Waals surface area contributed by atoms with Gasteiger partial charge in [-0.05, 0) is 63.6 Å². The minimum atomic E-state index is -0.278. The van der Waals surface area contributed by atoms with Crippen LogP contribution in [0, 0.1) is 27.7 Å². The average molecular weight is 642 g/mol. The molecule has 12 nitrogen and oxygen atoms in total. The summed E-state index contributed by atoms with van der Waals surface area (Å²) in [5.41, 5.74) is 6.01. The molecule has 0 spiro atoms. The number of hydrogen-bond acceptors (Lipinski definition) is 11.